The fourth-order valence-electron chi connectivity index (χ4n) is 7.42. The molecule has 0 bridgehead atoms. The van der Waals surface area contributed by atoms with Crippen LogP contribution in [0.3, 0.4) is 0 Å². The van der Waals surface area contributed by atoms with E-state index in [1.165, 1.54) is 31.3 Å². The van der Waals surface area contributed by atoms with Crippen molar-refractivity contribution in [3.8, 4) is 0 Å². The summed E-state index contributed by atoms with van der Waals surface area (Å²) in [4.78, 5) is 0. The number of benzene rings is 2. The van der Waals surface area contributed by atoms with Crippen molar-refractivity contribution in [2.75, 3.05) is 0 Å². The number of hydrogen-bond donors (Lipinski definition) is 0. The van der Waals surface area contributed by atoms with Gasteiger partial charge >= 0.3 is 0 Å². The van der Waals surface area contributed by atoms with Crippen LogP contribution in [0.4, 0.5) is 8.78 Å². The molecule has 5 rings (SSSR count). The quantitative estimate of drug-likeness (QED) is 0.330. The van der Waals surface area contributed by atoms with Gasteiger partial charge in [-0.05, 0) is 140 Å². The van der Waals surface area contributed by atoms with Crippen molar-refractivity contribution in [2.24, 2.45) is 11.8 Å². The second kappa shape index (κ2) is 12.1. The van der Waals surface area contributed by atoms with Gasteiger partial charge in [0.2, 0.25) is 0 Å². The fraction of sp³-hybridized carbons (Fsp3) is 0.543. The van der Waals surface area contributed by atoms with E-state index in [0.717, 1.165) is 86.0 Å². The maximum absolute atomic E-state index is 15.2. The van der Waals surface area contributed by atoms with Gasteiger partial charge in [0.05, 0.1) is 0 Å². The van der Waals surface area contributed by atoms with E-state index >= 15 is 8.78 Å². The Kier molecular flexibility index (Phi) is 8.63. The SMILES string of the molecule is C=CC1CCC(c2ccc(C3CC=C(c4ccc(C5CCC(CCC)CC5)c(F)c4)CC3)c(F)c2)CC1. The lowest BCUT2D eigenvalue weighted by Gasteiger charge is -2.29. The largest absolute Gasteiger partial charge is 0.207 e. The number of halogens is 2. The van der Waals surface area contributed by atoms with Crippen LogP contribution >= 0.6 is 0 Å². The molecule has 0 N–H and O–H groups in total. The average molecular weight is 503 g/mol. The van der Waals surface area contributed by atoms with Crippen molar-refractivity contribution in [3.05, 3.63) is 89.0 Å². The van der Waals surface area contributed by atoms with Crippen LogP contribution in [0.5, 0.6) is 0 Å². The summed E-state index contributed by atoms with van der Waals surface area (Å²) in [6.07, 6.45) is 18.8. The third-order valence-electron chi connectivity index (χ3n) is 9.81. The van der Waals surface area contributed by atoms with Gasteiger partial charge in [-0.1, -0.05) is 56.2 Å². The first-order valence-electron chi connectivity index (χ1n) is 15.0. The van der Waals surface area contributed by atoms with Crippen molar-refractivity contribution >= 4 is 5.57 Å². The Hall–Kier alpha value is -2.22. The smallest absolute Gasteiger partial charge is 0.127 e. The minimum Gasteiger partial charge on any atom is -0.207 e. The van der Waals surface area contributed by atoms with Gasteiger partial charge in [-0.2, -0.15) is 0 Å². The number of hydrogen-bond acceptors (Lipinski definition) is 0. The Bertz CT molecular complexity index is 1100. The van der Waals surface area contributed by atoms with Gasteiger partial charge in [-0.25, -0.2) is 8.78 Å². The minimum atomic E-state index is -0.0470. The molecule has 0 saturated heterocycles. The Morgan fingerprint density at radius 2 is 1.46 bits per heavy atom. The van der Waals surface area contributed by atoms with E-state index in [4.69, 9.17) is 0 Å². The van der Waals surface area contributed by atoms with Gasteiger partial charge in [0.25, 0.3) is 0 Å². The average Bonchev–Trinajstić information content (AvgIpc) is 2.94. The van der Waals surface area contributed by atoms with E-state index in [1.54, 1.807) is 12.1 Å². The lowest BCUT2D eigenvalue weighted by atomic mass is 9.76. The van der Waals surface area contributed by atoms with Crippen molar-refractivity contribution in [1.29, 1.82) is 0 Å². The molecule has 0 aromatic heterocycles. The first-order chi connectivity index (χ1) is 18.1. The standard InChI is InChI=1S/C35H44F2/c1-3-5-25-8-12-28(13-9-25)32-20-19-31(23-34(32)36)27-14-16-29(17-15-27)33-21-18-30(22-35(33)37)26-10-6-24(4-2)7-11-26/h4,14,18-26,28-29H,2-3,5-13,15-17H2,1H3. The van der Waals surface area contributed by atoms with Crippen molar-refractivity contribution in [2.45, 2.75) is 108 Å². The summed E-state index contributed by atoms with van der Waals surface area (Å²) in [6.45, 7) is 6.20. The highest BCUT2D eigenvalue weighted by molar-refractivity contribution is 5.67. The molecule has 2 aromatic rings. The van der Waals surface area contributed by atoms with Crippen molar-refractivity contribution < 1.29 is 8.78 Å². The zero-order chi connectivity index (χ0) is 25.8. The van der Waals surface area contributed by atoms with Crippen LogP contribution in [-0.2, 0) is 0 Å². The van der Waals surface area contributed by atoms with E-state index in [0.29, 0.717) is 17.8 Å². The molecule has 2 aromatic carbocycles. The van der Waals surface area contributed by atoms with Crippen LogP contribution in [0, 0.1) is 23.5 Å². The highest BCUT2D eigenvalue weighted by Crippen LogP contribution is 2.42. The summed E-state index contributed by atoms with van der Waals surface area (Å²) in [5, 5.41) is 0. The van der Waals surface area contributed by atoms with Crippen LogP contribution in [0.1, 0.15) is 130 Å². The summed E-state index contributed by atoms with van der Waals surface area (Å²) < 4.78 is 30.4. The zero-order valence-corrected chi connectivity index (χ0v) is 22.7. The first-order valence-corrected chi connectivity index (χ1v) is 15.0. The third-order valence-corrected chi connectivity index (χ3v) is 9.81. The Labute approximate surface area is 223 Å². The zero-order valence-electron chi connectivity index (χ0n) is 22.7. The maximum Gasteiger partial charge on any atom is 0.127 e. The highest BCUT2D eigenvalue weighted by Gasteiger charge is 2.26. The van der Waals surface area contributed by atoms with Crippen LogP contribution in [-0.4, -0.2) is 0 Å². The molecule has 1 atom stereocenters. The summed E-state index contributed by atoms with van der Waals surface area (Å²) in [6, 6.07) is 11.9. The highest BCUT2D eigenvalue weighted by atomic mass is 19.1. The Morgan fingerprint density at radius 1 is 0.784 bits per heavy atom. The predicted molar refractivity (Wildman–Crippen MR) is 152 cm³/mol. The maximum atomic E-state index is 15.2. The molecule has 37 heavy (non-hydrogen) atoms. The van der Waals surface area contributed by atoms with E-state index in [2.05, 4.69) is 37.8 Å². The predicted octanol–water partition coefficient (Wildman–Crippen LogP) is 10.8. The van der Waals surface area contributed by atoms with Crippen LogP contribution < -0.4 is 0 Å². The molecule has 0 heterocycles. The van der Waals surface area contributed by atoms with Gasteiger partial charge in [0.15, 0.2) is 0 Å². The lowest BCUT2D eigenvalue weighted by molar-refractivity contribution is 0.304. The molecule has 198 valence electrons. The van der Waals surface area contributed by atoms with E-state index in [9.17, 15) is 0 Å². The molecule has 2 saturated carbocycles. The fourth-order valence-corrected chi connectivity index (χ4v) is 7.42. The molecule has 3 aliphatic carbocycles. The normalized spacial score (nSPS) is 28.5. The van der Waals surface area contributed by atoms with Gasteiger partial charge in [0, 0.05) is 0 Å². The first kappa shape index (κ1) is 26.4. The number of allylic oxidation sites excluding steroid dienone is 3. The lowest BCUT2D eigenvalue weighted by Crippen LogP contribution is -2.14. The molecule has 0 nitrogen and oxygen atoms in total. The minimum absolute atomic E-state index is 0.0387. The van der Waals surface area contributed by atoms with E-state index in [1.807, 2.05) is 12.1 Å². The Balaban J connectivity index is 1.21. The van der Waals surface area contributed by atoms with Crippen LogP contribution in [0.15, 0.2) is 55.1 Å². The monoisotopic (exact) mass is 502 g/mol. The summed E-state index contributed by atoms with van der Waals surface area (Å²) in [5.74, 6) is 2.42. The second-order valence-corrected chi connectivity index (χ2v) is 12.1. The van der Waals surface area contributed by atoms with Crippen LogP contribution in [0.2, 0.25) is 0 Å². The van der Waals surface area contributed by atoms with Gasteiger partial charge in [-0.3, -0.25) is 0 Å². The Morgan fingerprint density at radius 3 is 2.08 bits per heavy atom. The number of rotatable bonds is 7. The molecule has 0 radical (unpaired) electrons. The van der Waals surface area contributed by atoms with E-state index < -0.39 is 0 Å². The van der Waals surface area contributed by atoms with Crippen molar-refractivity contribution in [3.63, 3.8) is 0 Å². The summed E-state index contributed by atoms with van der Waals surface area (Å²) in [7, 11) is 0. The molecule has 2 heteroatoms. The molecule has 0 amide bonds. The summed E-state index contributed by atoms with van der Waals surface area (Å²) in [5.41, 5.74) is 5.13. The molecule has 2 fully saturated rings. The molecule has 0 aliphatic heterocycles. The molecular formula is C35H44F2. The van der Waals surface area contributed by atoms with Gasteiger partial charge in [-0.15, -0.1) is 6.58 Å². The van der Waals surface area contributed by atoms with Gasteiger partial charge < -0.3 is 0 Å². The second-order valence-electron chi connectivity index (χ2n) is 12.1. The molecular weight excluding hydrogens is 458 g/mol. The molecule has 0 spiro atoms. The summed E-state index contributed by atoms with van der Waals surface area (Å²) >= 11 is 0. The van der Waals surface area contributed by atoms with Crippen LogP contribution in [0.25, 0.3) is 5.57 Å². The van der Waals surface area contributed by atoms with Gasteiger partial charge in [0.1, 0.15) is 11.6 Å². The van der Waals surface area contributed by atoms with E-state index in [-0.39, 0.29) is 17.6 Å². The van der Waals surface area contributed by atoms with Crippen molar-refractivity contribution in [1.82, 2.24) is 0 Å². The molecule has 1 unspecified atom stereocenters. The molecule has 3 aliphatic rings. The topological polar surface area (TPSA) is 0 Å². The third kappa shape index (κ3) is 6.10.